The summed E-state index contributed by atoms with van der Waals surface area (Å²) in [5.74, 6) is 3.11. The Labute approximate surface area is 211 Å². The molecule has 0 spiro atoms. The molecule has 5 rings (SSSR count). The van der Waals surface area contributed by atoms with E-state index in [9.17, 15) is 4.79 Å². The van der Waals surface area contributed by atoms with Crippen molar-refractivity contribution >= 4 is 27.8 Å². The third kappa shape index (κ3) is 4.59. The Bertz CT molecular complexity index is 1350. The molecule has 0 unspecified atom stereocenters. The minimum Gasteiger partial charge on any atom is -0.497 e. The number of benzene rings is 3. The van der Waals surface area contributed by atoms with Crippen molar-refractivity contribution in [3.8, 4) is 28.7 Å². The van der Waals surface area contributed by atoms with E-state index in [4.69, 9.17) is 28.4 Å². The average molecular weight is 539 g/mol. The maximum atomic E-state index is 13.1. The molecule has 0 amide bonds. The fraction of sp³-hybridized carbons (Fsp3) is 0.222. The van der Waals surface area contributed by atoms with Crippen LogP contribution in [-0.4, -0.2) is 26.8 Å². The van der Waals surface area contributed by atoms with Crippen LogP contribution >= 0.6 is 15.9 Å². The number of hydrogen-bond acceptors (Lipinski definition) is 7. The second kappa shape index (κ2) is 9.64. The molecule has 0 aliphatic carbocycles. The molecule has 0 fully saturated rings. The number of methoxy groups -OCH3 is 2. The first kappa shape index (κ1) is 23.3. The van der Waals surface area contributed by atoms with Gasteiger partial charge < -0.3 is 28.4 Å². The van der Waals surface area contributed by atoms with Gasteiger partial charge in [0.05, 0.1) is 26.4 Å². The van der Waals surface area contributed by atoms with Gasteiger partial charge in [0.15, 0.2) is 12.6 Å². The molecule has 3 aromatic rings. The molecule has 0 radical (unpaired) electrons. The van der Waals surface area contributed by atoms with Crippen molar-refractivity contribution in [2.45, 2.75) is 20.1 Å². The number of aryl methyl sites for hydroxylation is 1. The van der Waals surface area contributed by atoms with E-state index in [-0.39, 0.29) is 18.3 Å². The molecule has 2 aliphatic heterocycles. The van der Waals surface area contributed by atoms with Gasteiger partial charge in [-0.25, -0.2) is 0 Å². The number of fused-ring (bicyclic) bond motifs is 2. The molecular weight excluding hydrogens is 516 g/mol. The molecule has 7 nitrogen and oxygen atoms in total. The summed E-state index contributed by atoms with van der Waals surface area (Å²) in [4.78, 5) is 13.1. The number of ether oxygens (including phenoxy) is 6. The molecule has 0 bridgehead atoms. The topological polar surface area (TPSA) is 72.5 Å². The molecule has 35 heavy (non-hydrogen) atoms. The molecular formula is C27H23BrO7. The summed E-state index contributed by atoms with van der Waals surface area (Å²) in [6.45, 7) is 2.86. The lowest BCUT2D eigenvalue weighted by Crippen LogP contribution is -2.14. The van der Waals surface area contributed by atoms with Crippen LogP contribution in [0.2, 0.25) is 0 Å². The quantitative estimate of drug-likeness (QED) is 0.365. The maximum Gasteiger partial charge on any atom is 0.232 e. The van der Waals surface area contributed by atoms with Crippen molar-refractivity contribution in [1.82, 2.24) is 0 Å². The van der Waals surface area contributed by atoms with Crippen LogP contribution in [0.15, 0.2) is 52.7 Å². The molecule has 0 saturated carbocycles. The van der Waals surface area contributed by atoms with Crippen LogP contribution in [0.25, 0.3) is 6.08 Å². The van der Waals surface area contributed by atoms with Gasteiger partial charge in [0.1, 0.15) is 35.4 Å². The Morgan fingerprint density at radius 1 is 1.06 bits per heavy atom. The van der Waals surface area contributed by atoms with Gasteiger partial charge in [0.25, 0.3) is 0 Å². The lowest BCUT2D eigenvalue weighted by molar-refractivity contribution is -0.0176. The summed E-state index contributed by atoms with van der Waals surface area (Å²) in [6.07, 6.45) is 1.67. The SMILES string of the molecule is COc1ccc(/C=C2\Oc3cc(OCc4cc(Br)cc5c4OCOC5)cc(C)c3C2=O)c(OC)c1. The van der Waals surface area contributed by atoms with Crippen LogP contribution in [0.3, 0.4) is 0 Å². The third-order valence-electron chi connectivity index (χ3n) is 5.82. The monoisotopic (exact) mass is 538 g/mol. The van der Waals surface area contributed by atoms with Crippen LogP contribution in [0.4, 0.5) is 0 Å². The zero-order valence-corrected chi connectivity index (χ0v) is 21.1. The summed E-state index contributed by atoms with van der Waals surface area (Å²) < 4.78 is 34.7. The van der Waals surface area contributed by atoms with Crippen LogP contribution < -0.4 is 23.7 Å². The maximum absolute atomic E-state index is 13.1. The first-order chi connectivity index (χ1) is 17.0. The summed E-state index contributed by atoms with van der Waals surface area (Å²) >= 11 is 3.53. The number of halogens is 1. The molecule has 2 heterocycles. The molecule has 180 valence electrons. The highest BCUT2D eigenvalue weighted by Gasteiger charge is 2.30. The van der Waals surface area contributed by atoms with E-state index in [1.165, 1.54) is 0 Å². The van der Waals surface area contributed by atoms with Crippen molar-refractivity contribution in [2.75, 3.05) is 21.0 Å². The molecule has 3 aromatic carbocycles. The minimum atomic E-state index is -0.184. The highest BCUT2D eigenvalue weighted by Crippen LogP contribution is 2.39. The van der Waals surface area contributed by atoms with Gasteiger partial charge in [-0.1, -0.05) is 15.9 Å². The van der Waals surface area contributed by atoms with Crippen LogP contribution in [0.5, 0.6) is 28.7 Å². The van der Waals surface area contributed by atoms with E-state index >= 15 is 0 Å². The molecule has 0 N–H and O–H groups in total. The largest absolute Gasteiger partial charge is 0.497 e. The van der Waals surface area contributed by atoms with Crippen molar-refractivity contribution < 1.29 is 33.2 Å². The predicted octanol–water partition coefficient (Wildman–Crippen LogP) is 5.84. The Kier molecular flexibility index (Phi) is 6.40. The smallest absolute Gasteiger partial charge is 0.232 e. The fourth-order valence-electron chi connectivity index (χ4n) is 4.16. The van der Waals surface area contributed by atoms with E-state index in [1.54, 1.807) is 38.5 Å². The van der Waals surface area contributed by atoms with Gasteiger partial charge in [0.2, 0.25) is 5.78 Å². The Morgan fingerprint density at radius 3 is 2.71 bits per heavy atom. The number of carbonyl (C=O) groups is 1. The molecule has 8 heteroatoms. The van der Waals surface area contributed by atoms with Crippen LogP contribution in [0, 0.1) is 6.92 Å². The number of carbonyl (C=O) groups excluding carboxylic acids is 1. The van der Waals surface area contributed by atoms with Crippen molar-refractivity contribution in [2.24, 2.45) is 0 Å². The van der Waals surface area contributed by atoms with Crippen molar-refractivity contribution in [1.29, 1.82) is 0 Å². The first-order valence-corrected chi connectivity index (χ1v) is 11.7. The Morgan fingerprint density at radius 2 is 1.91 bits per heavy atom. The average Bonchev–Trinajstić information content (AvgIpc) is 3.17. The van der Waals surface area contributed by atoms with Crippen LogP contribution in [0.1, 0.15) is 32.6 Å². The second-order valence-corrected chi connectivity index (χ2v) is 9.03. The summed E-state index contributed by atoms with van der Waals surface area (Å²) in [5, 5.41) is 0. The molecule has 0 atom stereocenters. The second-order valence-electron chi connectivity index (χ2n) is 8.11. The van der Waals surface area contributed by atoms with Gasteiger partial charge in [-0.2, -0.15) is 0 Å². The summed E-state index contributed by atoms with van der Waals surface area (Å²) in [5.41, 5.74) is 3.87. The number of hydrogen-bond donors (Lipinski definition) is 0. The highest BCUT2D eigenvalue weighted by atomic mass is 79.9. The van der Waals surface area contributed by atoms with Crippen molar-refractivity contribution in [3.63, 3.8) is 0 Å². The first-order valence-electron chi connectivity index (χ1n) is 10.9. The van der Waals surface area contributed by atoms with Gasteiger partial charge >= 0.3 is 0 Å². The molecule has 2 aliphatic rings. The van der Waals surface area contributed by atoms with Gasteiger partial charge in [-0.3, -0.25) is 4.79 Å². The normalized spacial score (nSPS) is 15.2. The number of allylic oxidation sites excluding steroid dienone is 1. The Balaban J connectivity index is 1.39. The van der Waals surface area contributed by atoms with Gasteiger partial charge in [0, 0.05) is 33.3 Å². The summed E-state index contributed by atoms with van der Waals surface area (Å²) in [7, 11) is 3.15. The van der Waals surface area contributed by atoms with Crippen molar-refractivity contribution in [3.05, 3.63) is 80.5 Å². The standard InChI is InChI=1S/C27H23BrO7/c1-15-6-21(33-13-18-8-19(28)7-17-12-32-14-34-27(17)18)11-23-25(15)26(29)24(35-23)9-16-4-5-20(30-2)10-22(16)31-3/h4-11H,12-14H2,1-3H3/b24-9-. The zero-order valence-electron chi connectivity index (χ0n) is 19.5. The lowest BCUT2D eigenvalue weighted by atomic mass is 10.0. The van der Waals surface area contributed by atoms with E-state index in [0.29, 0.717) is 47.3 Å². The highest BCUT2D eigenvalue weighted by molar-refractivity contribution is 9.10. The number of rotatable bonds is 6. The van der Waals surface area contributed by atoms with E-state index < -0.39 is 0 Å². The van der Waals surface area contributed by atoms with Gasteiger partial charge in [-0.15, -0.1) is 0 Å². The lowest BCUT2D eigenvalue weighted by Gasteiger charge is -2.21. The number of Topliss-reactive ketones (excluding diaryl/α,β-unsaturated/α-hetero) is 1. The predicted molar refractivity (Wildman–Crippen MR) is 132 cm³/mol. The van der Waals surface area contributed by atoms with E-state index in [0.717, 1.165) is 26.9 Å². The van der Waals surface area contributed by atoms with Crippen LogP contribution in [-0.2, 0) is 18.0 Å². The Hall–Kier alpha value is -3.49. The zero-order chi connectivity index (χ0) is 24.5. The van der Waals surface area contributed by atoms with E-state index in [1.807, 2.05) is 31.2 Å². The summed E-state index contributed by atoms with van der Waals surface area (Å²) in [6, 6.07) is 12.9. The third-order valence-corrected chi connectivity index (χ3v) is 6.27. The molecule has 0 aromatic heterocycles. The van der Waals surface area contributed by atoms with E-state index in [2.05, 4.69) is 15.9 Å². The van der Waals surface area contributed by atoms with Gasteiger partial charge in [-0.05, 0) is 48.9 Å². The minimum absolute atomic E-state index is 0.184. The fourth-order valence-corrected chi connectivity index (χ4v) is 4.72. The molecule has 0 saturated heterocycles. The number of ketones is 1.